The number of hydrogen-bond acceptors (Lipinski definition) is 2. The van der Waals surface area contributed by atoms with E-state index in [-0.39, 0.29) is 23.1 Å². The van der Waals surface area contributed by atoms with Crippen LogP contribution in [-0.2, 0) is 0 Å². The van der Waals surface area contributed by atoms with E-state index < -0.39 is 6.61 Å². The Labute approximate surface area is 128 Å². The summed E-state index contributed by atoms with van der Waals surface area (Å²) in [5, 5.41) is 2.92. The Balaban J connectivity index is 2.74. The number of hydrogen-bond donors (Lipinski definition) is 1. The quantitative estimate of drug-likeness (QED) is 0.803. The SMILES string of the molecule is CC(C)(C)C(CCCl)NC(=O)c1ccc(OC(F)F)cc1. The number of carbonyl (C=O) groups excluding carboxylic acids is 1. The molecule has 0 aromatic heterocycles. The van der Waals surface area contributed by atoms with E-state index in [1.807, 2.05) is 20.8 Å². The molecule has 0 aliphatic heterocycles. The van der Waals surface area contributed by atoms with Crippen molar-refractivity contribution in [1.82, 2.24) is 5.32 Å². The highest BCUT2D eigenvalue weighted by Crippen LogP contribution is 2.23. The smallest absolute Gasteiger partial charge is 0.387 e. The fourth-order valence-electron chi connectivity index (χ4n) is 1.86. The van der Waals surface area contributed by atoms with Crippen molar-refractivity contribution in [2.75, 3.05) is 5.88 Å². The second-order valence-corrected chi connectivity index (χ2v) is 6.15. The Morgan fingerprint density at radius 1 is 1.29 bits per heavy atom. The fraction of sp³-hybridized carbons (Fsp3) is 0.533. The number of amides is 1. The van der Waals surface area contributed by atoms with Gasteiger partial charge in [-0.05, 0) is 36.1 Å². The number of benzene rings is 1. The van der Waals surface area contributed by atoms with Gasteiger partial charge in [0.15, 0.2) is 0 Å². The summed E-state index contributed by atoms with van der Waals surface area (Å²) >= 11 is 5.76. The number of carbonyl (C=O) groups is 1. The van der Waals surface area contributed by atoms with Crippen LogP contribution in [0.25, 0.3) is 0 Å². The van der Waals surface area contributed by atoms with Gasteiger partial charge in [-0.15, -0.1) is 11.6 Å². The summed E-state index contributed by atoms with van der Waals surface area (Å²) in [6.07, 6.45) is 0.656. The molecule has 0 heterocycles. The number of nitrogens with one attached hydrogen (secondary N) is 1. The largest absolute Gasteiger partial charge is 0.435 e. The number of alkyl halides is 3. The highest BCUT2D eigenvalue weighted by atomic mass is 35.5. The Bertz CT molecular complexity index is 458. The normalized spacial score (nSPS) is 13.1. The van der Waals surface area contributed by atoms with Crippen LogP contribution in [0, 0.1) is 5.41 Å². The van der Waals surface area contributed by atoms with Crippen LogP contribution in [0.15, 0.2) is 24.3 Å². The van der Waals surface area contributed by atoms with Gasteiger partial charge < -0.3 is 10.1 Å². The Morgan fingerprint density at radius 2 is 1.86 bits per heavy atom. The van der Waals surface area contributed by atoms with Crippen molar-refractivity contribution < 1.29 is 18.3 Å². The van der Waals surface area contributed by atoms with Crippen LogP contribution in [0.2, 0.25) is 0 Å². The first-order chi connectivity index (χ1) is 9.74. The molecule has 1 aromatic carbocycles. The van der Waals surface area contributed by atoms with E-state index in [2.05, 4.69) is 10.1 Å². The summed E-state index contributed by atoms with van der Waals surface area (Å²) in [4.78, 5) is 12.2. The zero-order chi connectivity index (χ0) is 16.0. The average molecular weight is 320 g/mol. The van der Waals surface area contributed by atoms with Crippen molar-refractivity contribution in [2.45, 2.75) is 39.8 Å². The van der Waals surface area contributed by atoms with Gasteiger partial charge in [-0.25, -0.2) is 0 Å². The fourth-order valence-corrected chi connectivity index (χ4v) is 2.08. The molecule has 0 aliphatic carbocycles. The first kappa shape index (κ1) is 17.7. The van der Waals surface area contributed by atoms with E-state index in [9.17, 15) is 13.6 Å². The van der Waals surface area contributed by atoms with Gasteiger partial charge in [-0.1, -0.05) is 20.8 Å². The topological polar surface area (TPSA) is 38.3 Å². The lowest BCUT2D eigenvalue weighted by atomic mass is 9.85. The Morgan fingerprint density at radius 3 is 2.29 bits per heavy atom. The zero-order valence-electron chi connectivity index (χ0n) is 12.3. The first-order valence-electron chi connectivity index (χ1n) is 6.65. The second-order valence-electron chi connectivity index (χ2n) is 5.77. The van der Waals surface area contributed by atoms with E-state index in [0.29, 0.717) is 17.9 Å². The maximum atomic E-state index is 12.2. The molecule has 0 aliphatic rings. The molecular weight excluding hydrogens is 300 g/mol. The van der Waals surface area contributed by atoms with Crippen molar-refractivity contribution in [2.24, 2.45) is 5.41 Å². The summed E-state index contributed by atoms with van der Waals surface area (Å²) in [6, 6.07) is 5.52. The third-order valence-corrected chi connectivity index (χ3v) is 3.31. The van der Waals surface area contributed by atoms with E-state index in [4.69, 9.17) is 11.6 Å². The van der Waals surface area contributed by atoms with Crippen LogP contribution in [0.1, 0.15) is 37.6 Å². The van der Waals surface area contributed by atoms with Crippen molar-refractivity contribution in [1.29, 1.82) is 0 Å². The molecule has 6 heteroatoms. The predicted octanol–water partition coefficient (Wildman–Crippen LogP) is 4.06. The molecule has 21 heavy (non-hydrogen) atoms. The van der Waals surface area contributed by atoms with Gasteiger partial charge in [0.05, 0.1) is 0 Å². The van der Waals surface area contributed by atoms with Crippen LogP contribution in [-0.4, -0.2) is 24.4 Å². The lowest BCUT2D eigenvalue weighted by Gasteiger charge is -2.31. The van der Waals surface area contributed by atoms with Gasteiger partial charge in [0.25, 0.3) is 5.91 Å². The van der Waals surface area contributed by atoms with E-state index >= 15 is 0 Å². The average Bonchev–Trinajstić information content (AvgIpc) is 2.37. The van der Waals surface area contributed by atoms with Gasteiger partial charge in [0, 0.05) is 17.5 Å². The summed E-state index contributed by atoms with van der Waals surface area (Å²) in [6.45, 7) is 3.18. The first-order valence-corrected chi connectivity index (χ1v) is 7.19. The summed E-state index contributed by atoms with van der Waals surface area (Å²) < 4.78 is 28.3. The molecule has 1 rings (SSSR count). The van der Waals surface area contributed by atoms with Crippen LogP contribution < -0.4 is 10.1 Å². The summed E-state index contributed by atoms with van der Waals surface area (Å²) in [5.41, 5.74) is 0.268. The van der Waals surface area contributed by atoms with Crippen LogP contribution in [0.4, 0.5) is 8.78 Å². The molecule has 1 aromatic rings. The van der Waals surface area contributed by atoms with Crippen molar-refractivity contribution in [3.63, 3.8) is 0 Å². The van der Waals surface area contributed by atoms with Crippen LogP contribution in [0.3, 0.4) is 0 Å². The molecule has 1 amide bonds. The van der Waals surface area contributed by atoms with Gasteiger partial charge in [-0.3, -0.25) is 4.79 Å². The molecule has 0 saturated heterocycles. The van der Waals surface area contributed by atoms with Gasteiger partial charge >= 0.3 is 6.61 Å². The van der Waals surface area contributed by atoms with Gasteiger partial charge in [0.2, 0.25) is 0 Å². The third kappa shape index (κ3) is 5.87. The van der Waals surface area contributed by atoms with Crippen LogP contribution >= 0.6 is 11.6 Å². The van der Waals surface area contributed by atoms with E-state index in [1.165, 1.54) is 24.3 Å². The molecule has 118 valence electrons. The second kappa shape index (κ2) is 7.59. The number of rotatable bonds is 6. The molecule has 1 N–H and O–H groups in total. The number of ether oxygens (including phenoxy) is 1. The minimum Gasteiger partial charge on any atom is -0.435 e. The van der Waals surface area contributed by atoms with Gasteiger partial charge in [-0.2, -0.15) is 8.78 Å². The van der Waals surface area contributed by atoms with Crippen LogP contribution in [0.5, 0.6) is 5.75 Å². The molecule has 0 bridgehead atoms. The predicted molar refractivity (Wildman–Crippen MR) is 79.1 cm³/mol. The molecule has 0 fully saturated rings. The monoisotopic (exact) mass is 319 g/mol. The minimum atomic E-state index is -2.88. The Hall–Kier alpha value is -1.36. The highest BCUT2D eigenvalue weighted by molar-refractivity contribution is 6.17. The lowest BCUT2D eigenvalue weighted by molar-refractivity contribution is -0.0498. The maximum Gasteiger partial charge on any atom is 0.387 e. The Kier molecular flexibility index (Phi) is 6.40. The standard InChI is InChI=1S/C15H20ClF2NO2/c1-15(2,3)12(8-9-16)19-13(20)10-4-6-11(7-5-10)21-14(17)18/h4-7,12,14H,8-9H2,1-3H3,(H,19,20). The van der Waals surface area contributed by atoms with Gasteiger partial charge in [0.1, 0.15) is 5.75 Å². The van der Waals surface area contributed by atoms with Crippen molar-refractivity contribution in [3.8, 4) is 5.75 Å². The van der Waals surface area contributed by atoms with Crippen molar-refractivity contribution >= 4 is 17.5 Å². The summed E-state index contributed by atoms with van der Waals surface area (Å²) in [7, 11) is 0. The molecule has 0 saturated carbocycles. The molecular formula is C15H20ClF2NO2. The molecule has 0 radical (unpaired) electrons. The lowest BCUT2D eigenvalue weighted by Crippen LogP contribution is -2.44. The summed E-state index contributed by atoms with van der Waals surface area (Å²) in [5.74, 6) is 0.210. The van der Waals surface area contributed by atoms with E-state index in [1.54, 1.807) is 0 Å². The highest BCUT2D eigenvalue weighted by Gasteiger charge is 2.26. The minimum absolute atomic E-state index is 0.0229. The molecule has 0 spiro atoms. The number of halogens is 3. The molecule has 1 atom stereocenters. The molecule has 3 nitrogen and oxygen atoms in total. The van der Waals surface area contributed by atoms with Crippen molar-refractivity contribution in [3.05, 3.63) is 29.8 Å². The van der Waals surface area contributed by atoms with E-state index in [0.717, 1.165) is 0 Å². The third-order valence-electron chi connectivity index (χ3n) is 3.09. The maximum absolute atomic E-state index is 12.2. The zero-order valence-corrected chi connectivity index (χ0v) is 13.1. The molecule has 1 unspecified atom stereocenters.